The standard InChI is InChI=1S/C13H21NO7/c1-7(2)12(19)14-4-3-5-20-13-11(18)10(17)9(16)8(6-15)21-13/h3-4,8-11,13,15-18H,1,5-6H2,2H3,(H,14,19)/b4-3+. The molecule has 8 heteroatoms. The summed E-state index contributed by atoms with van der Waals surface area (Å²) in [6.07, 6.45) is -3.74. The molecule has 0 spiro atoms. The van der Waals surface area contributed by atoms with Gasteiger partial charge in [0.1, 0.15) is 24.4 Å². The molecule has 120 valence electrons. The molecular formula is C13H21NO7. The number of carbonyl (C=O) groups is 1. The van der Waals surface area contributed by atoms with Gasteiger partial charge in [-0.15, -0.1) is 0 Å². The molecule has 21 heavy (non-hydrogen) atoms. The first-order valence-electron chi connectivity index (χ1n) is 6.42. The molecule has 0 aromatic carbocycles. The minimum absolute atomic E-state index is 0.0147. The number of nitrogens with one attached hydrogen (secondary N) is 1. The van der Waals surface area contributed by atoms with E-state index in [4.69, 9.17) is 14.6 Å². The molecule has 1 amide bonds. The number of carbonyl (C=O) groups excluding carboxylic acids is 1. The third-order valence-corrected chi connectivity index (χ3v) is 2.93. The van der Waals surface area contributed by atoms with Crippen molar-refractivity contribution in [1.29, 1.82) is 0 Å². The fourth-order valence-corrected chi connectivity index (χ4v) is 1.66. The summed E-state index contributed by atoms with van der Waals surface area (Å²) in [6.45, 7) is 4.49. The van der Waals surface area contributed by atoms with Gasteiger partial charge in [0.25, 0.3) is 0 Å². The molecule has 1 saturated heterocycles. The monoisotopic (exact) mass is 303 g/mol. The maximum Gasteiger partial charge on any atom is 0.250 e. The van der Waals surface area contributed by atoms with Crippen molar-refractivity contribution < 1.29 is 34.7 Å². The minimum Gasteiger partial charge on any atom is -0.394 e. The molecule has 1 fully saturated rings. The SMILES string of the molecule is C=C(C)C(=O)N/C=C/COC1OC(CO)C(O)C(O)C1O. The van der Waals surface area contributed by atoms with E-state index in [1.807, 2.05) is 0 Å². The van der Waals surface area contributed by atoms with E-state index in [1.54, 1.807) is 6.92 Å². The van der Waals surface area contributed by atoms with Gasteiger partial charge in [0.05, 0.1) is 13.2 Å². The summed E-state index contributed by atoms with van der Waals surface area (Å²) < 4.78 is 10.3. The first-order chi connectivity index (χ1) is 9.88. The highest BCUT2D eigenvalue weighted by molar-refractivity contribution is 5.92. The second-order valence-electron chi connectivity index (χ2n) is 4.69. The molecule has 5 N–H and O–H groups in total. The molecule has 0 aromatic rings. The van der Waals surface area contributed by atoms with Crippen molar-refractivity contribution in [3.8, 4) is 0 Å². The summed E-state index contributed by atoms with van der Waals surface area (Å²) in [5.74, 6) is -0.334. The van der Waals surface area contributed by atoms with Crippen LogP contribution in [0.25, 0.3) is 0 Å². The number of aliphatic hydroxyl groups excluding tert-OH is 4. The number of amides is 1. The predicted molar refractivity (Wildman–Crippen MR) is 71.8 cm³/mol. The van der Waals surface area contributed by atoms with E-state index in [0.717, 1.165) is 0 Å². The Kier molecular flexibility index (Phi) is 6.96. The molecule has 8 nitrogen and oxygen atoms in total. The van der Waals surface area contributed by atoms with Crippen molar-refractivity contribution in [2.24, 2.45) is 0 Å². The Balaban J connectivity index is 2.42. The van der Waals surface area contributed by atoms with Crippen LogP contribution in [-0.2, 0) is 14.3 Å². The van der Waals surface area contributed by atoms with Gasteiger partial charge in [-0.25, -0.2) is 0 Å². The first-order valence-corrected chi connectivity index (χ1v) is 6.42. The summed E-state index contributed by atoms with van der Waals surface area (Å²) in [7, 11) is 0. The lowest BCUT2D eigenvalue weighted by molar-refractivity contribution is -0.298. The van der Waals surface area contributed by atoms with E-state index < -0.39 is 37.3 Å². The number of ether oxygens (including phenoxy) is 2. The summed E-state index contributed by atoms with van der Waals surface area (Å²) in [6, 6.07) is 0. The summed E-state index contributed by atoms with van der Waals surface area (Å²) in [4.78, 5) is 11.2. The molecule has 1 aliphatic rings. The highest BCUT2D eigenvalue weighted by Crippen LogP contribution is 2.21. The predicted octanol–water partition coefficient (Wildman–Crippen LogP) is -1.99. The Hall–Kier alpha value is -1.29. The summed E-state index contributed by atoms with van der Waals surface area (Å²) in [5, 5.41) is 40.3. The second-order valence-corrected chi connectivity index (χ2v) is 4.69. The Morgan fingerprint density at radius 3 is 2.57 bits per heavy atom. The van der Waals surface area contributed by atoms with Gasteiger partial charge in [-0.3, -0.25) is 4.79 Å². The van der Waals surface area contributed by atoms with Crippen molar-refractivity contribution in [2.45, 2.75) is 37.6 Å². The molecule has 1 rings (SSSR count). The van der Waals surface area contributed by atoms with Crippen molar-refractivity contribution in [3.05, 3.63) is 24.4 Å². The van der Waals surface area contributed by atoms with Gasteiger partial charge < -0.3 is 35.2 Å². The van der Waals surface area contributed by atoms with E-state index >= 15 is 0 Å². The Labute approximate surface area is 122 Å². The van der Waals surface area contributed by atoms with Gasteiger partial charge >= 0.3 is 0 Å². The zero-order chi connectivity index (χ0) is 16.0. The fourth-order valence-electron chi connectivity index (χ4n) is 1.66. The maximum absolute atomic E-state index is 11.2. The van der Waals surface area contributed by atoms with Crippen LogP contribution in [0.1, 0.15) is 6.92 Å². The molecule has 5 atom stereocenters. The van der Waals surface area contributed by atoms with E-state index in [2.05, 4.69) is 11.9 Å². The molecule has 0 aromatic heterocycles. The van der Waals surface area contributed by atoms with Gasteiger partial charge in [-0.05, 0) is 13.0 Å². The molecular weight excluding hydrogens is 282 g/mol. The van der Waals surface area contributed by atoms with Crippen molar-refractivity contribution in [1.82, 2.24) is 5.32 Å². The highest BCUT2D eigenvalue weighted by atomic mass is 16.7. The van der Waals surface area contributed by atoms with E-state index in [9.17, 15) is 20.1 Å². The molecule has 0 radical (unpaired) electrons. The molecule has 0 saturated carbocycles. The first kappa shape index (κ1) is 17.8. The quantitative estimate of drug-likeness (QED) is 0.359. The van der Waals surface area contributed by atoms with Crippen LogP contribution < -0.4 is 5.32 Å². The zero-order valence-electron chi connectivity index (χ0n) is 11.7. The zero-order valence-corrected chi connectivity index (χ0v) is 11.7. The van der Waals surface area contributed by atoms with Gasteiger partial charge in [-0.2, -0.15) is 0 Å². The van der Waals surface area contributed by atoms with Gasteiger partial charge in [0.2, 0.25) is 5.91 Å². The van der Waals surface area contributed by atoms with Crippen LogP contribution in [-0.4, -0.2) is 70.3 Å². The largest absolute Gasteiger partial charge is 0.394 e. The third kappa shape index (κ3) is 4.88. The lowest BCUT2D eigenvalue weighted by Gasteiger charge is -2.39. The maximum atomic E-state index is 11.2. The number of hydrogen-bond acceptors (Lipinski definition) is 7. The van der Waals surface area contributed by atoms with Crippen LogP contribution in [0.4, 0.5) is 0 Å². The van der Waals surface area contributed by atoms with E-state index in [-0.39, 0.29) is 12.5 Å². The second kappa shape index (κ2) is 8.23. The van der Waals surface area contributed by atoms with Crippen molar-refractivity contribution in [2.75, 3.05) is 13.2 Å². The Morgan fingerprint density at radius 2 is 2.00 bits per heavy atom. The number of rotatable bonds is 6. The van der Waals surface area contributed by atoms with E-state index in [1.165, 1.54) is 12.3 Å². The van der Waals surface area contributed by atoms with Gasteiger partial charge in [0, 0.05) is 11.8 Å². The highest BCUT2D eigenvalue weighted by Gasteiger charge is 2.43. The average Bonchev–Trinajstić information content (AvgIpc) is 2.46. The van der Waals surface area contributed by atoms with Gasteiger partial charge in [0.15, 0.2) is 6.29 Å². The average molecular weight is 303 g/mol. The van der Waals surface area contributed by atoms with Gasteiger partial charge in [-0.1, -0.05) is 6.58 Å². The van der Waals surface area contributed by atoms with Crippen LogP contribution in [0, 0.1) is 0 Å². The molecule has 1 aliphatic heterocycles. The lowest BCUT2D eigenvalue weighted by Crippen LogP contribution is -2.59. The van der Waals surface area contributed by atoms with Crippen LogP contribution in [0.3, 0.4) is 0 Å². The lowest BCUT2D eigenvalue weighted by atomic mass is 9.99. The molecule has 5 unspecified atom stereocenters. The van der Waals surface area contributed by atoms with Crippen LogP contribution >= 0.6 is 0 Å². The fraction of sp³-hybridized carbons (Fsp3) is 0.615. The van der Waals surface area contributed by atoms with Crippen LogP contribution in [0.15, 0.2) is 24.4 Å². The smallest absolute Gasteiger partial charge is 0.250 e. The summed E-state index contributed by atoms with van der Waals surface area (Å²) in [5.41, 5.74) is 0.356. The Morgan fingerprint density at radius 1 is 1.33 bits per heavy atom. The minimum atomic E-state index is -1.48. The van der Waals surface area contributed by atoms with Crippen molar-refractivity contribution in [3.63, 3.8) is 0 Å². The van der Waals surface area contributed by atoms with Crippen LogP contribution in [0.5, 0.6) is 0 Å². The number of aliphatic hydroxyl groups is 4. The van der Waals surface area contributed by atoms with E-state index in [0.29, 0.717) is 5.57 Å². The summed E-state index contributed by atoms with van der Waals surface area (Å²) >= 11 is 0. The topological polar surface area (TPSA) is 128 Å². The molecule has 0 aliphatic carbocycles. The number of hydrogen-bond donors (Lipinski definition) is 5. The van der Waals surface area contributed by atoms with Crippen LogP contribution in [0.2, 0.25) is 0 Å². The molecule has 0 bridgehead atoms. The normalized spacial score (nSPS) is 33.1. The third-order valence-electron chi connectivity index (χ3n) is 2.93. The van der Waals surface area contributed by atoms with Crippen molar-refractivity contribution >= 4 is 5.91 Å². The Bertz CT molecular complexity index is 396. The molecule has 1 heterocycles.